The predicted octanol–water partition coefficient (Wildman–Crippen LogP) is 2.37. The second-order valence-corrected chi connectivity index (χ2v) is 9.38. The first-order valence-corrected chi connectivity index (χ1v) is 11.2. The highest BCUT2D eigenvalue weighted by molar-refractivity contribution is 7.89. The minimum atomic E-state index is -4.17. The molecule has 2 aromatic carbocycles. The Morgan fingerprint density at radius 2 is 1.73 bits per heavy atom. The van der Waals surface area contributed by atoms with Gasteiger partial charge in [0.05, 0.1) is 10.9 Å². The van der Waals surface area contributed by atoms with E-state index in [-0.39, 0.29) is 16.9 Å². The number of benzene rings is 2. The molecule has 158 valence electrons. The van der Waals surface area contributed by atoms with E-state index in [1.165, 1.54) is 12.6 Å². The van der Waals surface area contributed by atoms with Crippen molar-refractivity contribution >= 4 is 20.9 Å². The molecule has 0 spiro atoms. The average Bonchev–Trinajstić information content (AvgIpc) is 2.72. The molecule has 0 saturated heterocycles. The molecule has 1 saturated carbocycles. The fraction of sp³-hybridized carbons (Fsp3) is 0.333. The number of aryl methyl sites for hydroxylation is 1. The normalized spacial score (nSPS) is 19.8. The summed E-state index contributed by atoms with van der Waals surface area (Å²) in [6.07, 6.45) is 2.95. The van der Waals surface area contributed by atoms with Gasteiger partial charge in [0.25, 0.3) is 5.56 Å². The number of rotatable bonds is 4. The number of sulfonamides is 1. The van der Waals surface area contributed by atoms with Gasteiger partial charge in [0.1, 0.15) is 10.7 Å². The SMILES string of the molecule is Cn1c(=O)[nH]c(=O)c2cc(S(=O)(=O)N[C@H]3CC[C@H](c4ccccc4)CC3)c(F)cc21. The number of aromatic nitrogens is 2. The van der Waals surface area contributed by atoms with Gasteiger partial charge in [0, 0.05) is 13.1 Å². The highest BCUT2D eigenvalue weighted by Gasteiger charge is 2.28. The molecule has 4 rings (SSSR count). The zero-order valence-corrected chi connectivity index (χ0v) is 17.2. The summed E-state index contributed by atoms with van der Waals surface area (Å²) >= 11 is 0. The molecule has 30 heavy (non-hydrogen) atoms. The van der Waals surface area contributed by atoms with Crippen LogP contribution in [0.5, 0.6) is 0 Å². The van der Waals surface area contributed by atoms with E-state index in [1.807, 2.05) is 18.2 Å². The third-order valence-electron chi connectivity index (χ3n) is 5.79. The van der Waals surface area contributed by atoms with Crippen molar-refractivity contribution in [3.8, 4) is 0 Å². The molecule has 3 aromatic rings. The molecule has 1 heterocycles. The topological polar surface area (TPSA) is 101 Å². The van der Waals surface area contributed by atoms with Gasteiger partial charge < -0.3 is 0 Å². The molecule has 0 bridgehead atoms. The number of aromatic amines is 1. The molecule has 1 aromatic heterocycles. The van der Waals surface area contributed by atoms with Gasteiger partial charge in [-0.1, -0.05) is 30.3 Å². The Hall–Kier alpha value is -2.78. The van der Waals surface area contributed by atoms with Gasteiger partial charge in [-0.2, -0.15) is 0 Å². The van der Waals surface area contributed by atoms with Gasteiger partial charge in [-0.25, -0.2) is 22.3 Å². The van der Waals surface area contributed by atoms with Crippen molar-refractivity contribution < 1.29 is 12.8 Å². The van der Waals surface area contributed by atoms with Gasteiger partial charge in [-0.15, -0.1) is 0 Å². The van der Waals surface area contributed by atoms with Gasteiger partial charge in [-0.05, 0) is 49.3 Å². The van der Waals surface area contributed by atoms with Gasteiger partial charge in [0.2, 0.25) is 10.0 Å². The summed E-state index contributed by atoms with van der Waals surface area (Å²) in [6, 6.07) is 11.7. The molecular formula is C21H22FN3O4S. The lowest BCUT2D eigenvalue weighted by molar-refractivity contribution is 0.373. The molecule has 7 nitrogen and oxygen atoms in total. The van der Waals surface area contributed by atoms with Crippen LogP contribution in [-0.4, -0.2) is 24.0 Å². The van der Waals surface area contributed by atoms with Gasteiger partial charge in [-0.3, -0.25) is 14.3 Å². The summed E-state index contributed by atoms with van der Waals surface area (Å²) in [7, 11) is -2.80. The summed E-state index contributed by atoms with van der Waals surface area (Å²) in [5.41, 5.74) is -0.184. The summed E-state index contributed by atoms with van der Waals surface area (Å²) in [6.45, 7) is 0. The van der Waals surface area contributed by atoms with E-state index in [4.69, 9.17) is 0 Å². The molecule has 9 heteroatoms. The largest absolute Gasteiger partial charge is 0.328 e. The first kappa shape index (κ1) is 20.5. The van der Waals surface area contributed by atoms with Gasteiger partial charge in [0.15, 0.2) is 0 Å². The van der Waals surface area contributed by atoms with E-state index in [2.05, 4.69) is 21.8 Å². The van der Waals surface area contributed by atoms with Crippen molar-refractivity contribution in [1.82, 2.24) is 14.3 Å². The fourth-order valence-corrected chi connectivity index (χ4v) is 5.51. The van der Waals surface area contributed by atoms with Crippen LogP contribution in [0.25, 0.3) is 10.9 Å². The van der Waals surface area contributed by atoms with E-state index < -0.39 is 32.0 Å². The highest BCUT2D eigenvalue weighted by Crippen LogP contribution is 2.33. The van der Waals surface area contributed by atoms with Crippen LogP contribution in [-0.2, 0) is 17.1 Å². The maximum atomic E-state index is 14.6. The van der Waals surface area contributed by atoms with Crippen LogP contribution in [0, 0.1) is 5.82 Å². The van der Waals surface area contributed by atoms with Crippen molar-refractivity contribution in [2.24, 2.45) is 7.05 Å². The fourth-order valence-electron chi connectivity index (χ4n) is 4.12. The van der Waals surface area contributed by atoms with Crippen LogP contribution < -0.4 is 16.0 Å². The number of nitrogens with zero attached hydrogens (tertiary/aromatic N) is 1. The molecule has 0 aliphatic heterocycles. The van der Waals surface area contributed by atoms with Crippen molar-refractivity contribution in [2.45, 2.75) is 42.5 Å². The third-order valence-corrected chi connectivity index (χ3v) is 7.33. The lowest BCUT2D eigenvalue weighted by Crippen LogP contribution is -2.38. The highest BCUT2D eigenvalue weighted by atomic mass is 32.2. The smallest absolute Gasteiger partial charge is 0.296 e. The number of hydrogen-bond acceptors (Lipinski definition) is 4. The van der Waals surface area contributed by atoms with Crippen LogP contribution in [0.2, 0.25) is 0 Å². The van der Waals surface area contributed by atoms with Crippen molar-refractivity contribution in [3.05, 3.63) is 74.7 Å². The Labute approximate surface area is 172 Å². The molecule has 0 atom stereocenters. The Morgan fingerprint density at radius 1 is 1.07 bits per heavy atom. The molecule has 1 aliphatic rings. The lowest BCUT2D eigenvalue weighted by atomic mass is 9.82. The molecule has 1 fully saturated rings. The van der Waals surface area contributed by atoms with Crippen LogP contribution in [0.4, 0.5) is 4.39 Å². The second-order valence-electron chi connectivity index (χ2n) is 7.70. The third kappa shape index (κ3) is 3.82. The molecule has 0 unspecified atom stereocenters. The van der Waals surface area contributed by atoms with E-state index >= 15 is 0 Å². The van der Waals surface area contributed by atoms with E-state index in [0.717, 1.165) is 29.5 Å². The summed E-state index contributed by atoms with van der Waals surface area (Å²) in [5, 5.41) is -0.0633. The number of H-pyrrole nitrogens is 1. The average molecular weight is 431 g/mol. The van der Waals surface area contributed by atoms with Crippen LogP contribution in [0.15, 0.2) is 56.9 Å². The molecular weight excluding hydrogens is 409 g/mol. The Morgan fingerprint density at radius 3 is 2.40 bits per heavy atom. The zero-order valence-electron chi connectivity index (χ0n) is 16.4. The van der Waals surface area contributed by atoms with Crippen molar-refractivity contribution in [1.29, 1.82) is 0 Å². The second kappa shape index (κ2) is 7.81. The van der Waals surface area contributed by atoms with Crippen molar-refractivity contribution in [2.75, 3.05) is 0 Å². The minimum absolute atomic E-state index is 0.0311. The van der Waals surface area contributed by atoms with Crippen LogP contribution in [0.1, 0.15) is 37.2 Å². The van der Waals surface area contributed by atoms with E-state index in [9.17, 15) is 22.4 Å². The van der Waals surface area contributed by atoms with Gasteiger partial charge >= 0.3 is 5.69 Å². The predicted molar refractivity (Wildman–Crippen MR) is 112 cm³/mol. The Kier molecular flexibility index (Phi) is 5.33. The van der Waals surface area contributed by atoms with Crippen LogP contribution >= 0.6 is 0 Å². The first-order valence-electron chi connectivity index (χ1n) is 9.76. The molecule has 1 aliphatic carbocycles. The van der Waals surface area contributed by atoms with E-state index in [1.54, 1.807) is 0 Å². The number of nitrogens with one attached hydrogen (secondary N) is 2. The maximum Gasteiger partial charge on any atom is 0.328 e. The lowest BCUT2D eigenvalue weighted by Gasteiger charge is -2.29. The zero-order chi connectivity index (χ0) is 21.5. The minimum Gasteiger partial charge on any atom is -0.296 e. The quantitative estimate of drug-likeness (QED) is 0.662. The Balaban J connectivity index is 1.57. The molecule has 0 amide bonds. The van der Waals surface area contributed by atoms with Crippen LogP contribution in [0.3, 0.4) is 0 Å². The monoisotopic (exact) mass is 431 g/mol. The Bertz CT molecular complexity index is 1310. The van der Waals surface area contributed by atoms with Crippen molar-refractivity contribution in [3.63, 3.8) is 0 Å². The summed E-state index contributed by atoms with van der Waals surface area (Å²) in [4.78, 5) is 25.3. The standard InChI is InChI=1S/C21H22FN3O4S/c1-25-18-12-17(22)19(11-16(18)20(26)23-21(25)27)30(28,29)24-15-9-7-14(8-10-15)13-5-3-2-4-6-13/h2-6,11-12,14-15,24H,7-10H2,1H3,(H,23,26,27)/t14-,15-. The number of hydrogen-bond donors (Lipinski definition) is 2. The maximum absolute atomic E-state index is 14.6. The molecule has 2 N–H and O–H groups in total. The first-order chi connectivity index (χ1) is 14.3. The van der Waals surface area contributed by atoms with E-state index in [0.29, 0.717) is 18.8 Å². The summed E-state index contributed by atoms with van der Waals surface area (Å²) < 4.78 is 44.0. The summed E-state index contributed by atoms with van der Waals surface area (Å²) in [5.74, 6) is -0.627. The molecule has 0 radical (unpaired) electrons. The number of fused-ring (bicyclic) bond motifs is 1. The number of halogens is 1.